The van der Waals surface area contributed by atoms with Gasteiger partial charge in [-0.2, -0.15) is 0 Å². The molecule has 3 aromatic rings. The monoisotopic (exact) mass is 346 g/mol. The summed E-state index contributed by atoms with van der Waals surface area (Å²) in [7, 11) is 0. The smallest absolute Gasteiger partial charge is 0.255 e. The van der Waals surface area contributed by atoms with E-state index in [1.807, 2.05) is 66.7 Å². The fraction of sp³-hybridized carbons (Fsp3) is 0.182. The third-order valence-electron chi connectivity index (χ3n) is 4.04. The number of amides is 1. The summed E-state index contributed by atoms with van der Waals surface area (Å²) >= 11 is 0. The average molecular weight is 346 g/mol. The molecule has 0 aliphatic heterocycles. The number of anilines is 1. The predicted octanol–water partition coefficient (Wildman–Crippen LogP) is 5.04. The number of nitrogens with zero attached hydrogens (tertiary/aromatic N) is 1. The van der Waals surface area contributed by atoms with Gasteiger partial charge in [0.05, 0.1) is 5.69 Å². The van der Waals surface area contributed by atoms with Gasteiger partial charge in [-0.1, -0.05) is 38.1 Å². The summed E-state index contributed by atoms with van der Waals surface area (Å²) in [5.41, 5.74) is 3.40. The normalized spacial score (nSPS) is 10.6. The van der Waals surface area contributed by atoms with Crippen molar-refractivity contribution in [3.8, 4) is 5.75 Å². The van der Waals surface area contributed by atoms with Crippen LogP contribution < -0.4 is 10.1 Å². The van der Waals surface area contributed by atoms with Crippen molar-refractivity contribution in [2.24, 2.45) is 0 Å². The van der Waals surface area contributed by atoms with Crippen LogP contribution in [0.5, 0.6) is 5.75 Å². The number of aromatic nitrogens is 1. The summed E-state index contributed by atoms with van der Waals surface area (Å²) in [6.45, 7) is 4.64. The average Bonchev–Trinajstić information content (AvgIpc) is 2.67. The standard InChI is InChI=1S/C22H22N2O2/c1-16(2)17-9-11-18(12-10-17)22(25)24-19-7-5-8-21(14-19)26-15-20-6-3-4-13-23-20/h3-14,16H,15H2,1-2H3,(H,24,25). The van der Waals surface area contributed by atoms with E-state index in [2.05, 4.69) is 24.1 Å². The van der Waals surface area contributed by atoms with Crippen molar-refractivity contribution < 1.29 is 9.53 Å². The van der Waals surface area contributed by atoms with Crippen LogP contribution in [0.4, 0.5) is 5.69 Å². The van der Waals surface area contributed by atoms with Crippen molar-refractivity contribution in [1.82, 2.24) is 4.98 Å². The quantitative estimate of drug-likeness (QED) is 0.680. The van der Waals surface area contributed by atoms with Crippen LogP contribution in [0.1, 0.15) is 41.4 Å². The number of carbonyl (C=O) groups is 1. The molecule has 0 saturated heterocycles. The molecule has 0 unspecified atom stereocenters. The maximum atomic E-state index is 12.4. The molecule has 0 fully saturated rings. The Morgan fingerprint density at radius 2 is 1.85 bits per heavy atom. The van der Waals surface area contributed by atoms with Crippen LogP contribution in [0.2, 0.25) is 0 Å². The number of ether oxygens (including phenoxy) is 1. The lowest BCUT2D eigenvalue weighted by molar-refractivity contribution is 0.102. The molecule has 0 aliphatic carbocycles. The Morgan fingerprint density at radius 1 is 1.04 bits per heavy atom. The molecular weight excluding hydrogens is 324 g/mol. The number of nitrogens with one attached hydrogen (secondary N) is 1. The Labute approximate surface area is 153 Å². The molecule has 2 aromatic carbocycles. The van der Waals surface area contributed by atoms with E-state index in [1.165, 1.54) is 5.56 Å². The highest BCUT2D eigenvalue weighted by molar-refractivity contribution is 6.04. The van der Waals surface area contributed by atoms with E-state index < -0.39 is 0 Å². The Hall–Kier alpha value is -3.14. The van der Waals surface area contributed by atoms with Gasteiger partial charge in [0.2, 0.25) is 0 Å². The first-order valence-corrected chi connectivity index (χ1v) is 8.66. The number of hydrogen-bond donors (Lipinski definition) is 1. The maximum Gasteiger partial charge on any atom is 0.255 e. The molecule has 132 valence electrons. The fourth-order valence-electron chi connectivity index (χ4n) is 2.53. The minimum atomic E-state index is -0.137. The molecule has 0 saturated carbocycles. The van der Waals surface area contributed by atoms with Crippen LogP contribution in [-0.4, -0.2) is 10.9 Å². The molecule has 0 radical (unpaired) electrons. The number of benzene rings is 2. The molecule has 1 aromatic heterocycles. The number of pyridine rings is 1. The summed E-state index contributed by atoms with van der Waals surface area (Å²) in [6, 6.07) is 20.8. The lowest BCUT2D eigenvalue weighted by Crippen LogP contribution is -2.12. The van der Waals surface area contributed by atoms with Gasteiger partial charge in [-0.3, -0.25) is 9.78 Å². The fourth-order valence-corrected chi connectivity index (χ4v) is 2.53. The summed E-state index contributed by atoms with van der Waals surface area (Å²) in [5, 5.41) is 2.91. The summed E-state index contributed by atoms with van der Waals surface area (Å²) in [5.74, 6) is 0.992. The van der Waals surface area contributed by atoms with Gasteiger partial charge in [0.1, 0.15) is 12.4 Å². The van der Waals surface area contributed by atoms with E-state index in [4.69, 9.17) is 4.74 Å². The van der Waals surface area contributed by atoms with Crippen LogP contribution >= 0.6 is 0 Å². The van der Waals surface area contributed by atoms with Gasteiger partial charge in [0.25, 0.3) is 5.91 Å². The van der Waals surface area contributed by atoms with E-state index in [9.17, 15) is 4.79 Å². The van der Waals surface area contributed by atoms with Crippen molar-refractivity contribution in [1.29, 1.82) is 0 Å². The third-order valence-corrected chi connectivity index (χ3v) is 4.04. The first-order valence-electron chi connectivity index (χ1n) is 8.66. The van der Waals surface area contributed by atoms with Gasteiger partial charge in [-0.05, 0) is 47.9 Å². The molecule has 1 amide bonds. The first kappa shape index (κ1) is 17.7. The zero-order valence-corrected chi connectivity index (χ0v) is 15.0. The summed E-state index contributed by atoms with van der Waals surface area (Å²) < 4.78 is 5.75. The van der Waals surface area contributed by atoms with Crippen molar-refractivity contribution >= 4 is 11.6 Å². The van der Waals surface area contributed by atoms with Crippen molar-refractivity contribution in [2.45, 2.75) is 26.4 Å². The summed E-state index contributed by atoms with van der Waals surface area (Å²) in [4.78, 5) is 16.7. The zero-order valence-electron chi connectivity index (χ0n) is 15.0. The Morgan fingerprint density at radius 3 is 2.54 bits per heavy atom. The molecule has 0 spiro atoms. The number of hydrogen-bond acceptors (Lipinski definition) is 3. The topological polar surface area (TPSA) is 51.2 Å². The second-order valence-electron chi connectivity index (χ2n) is 6.37. The van der Waals surface area contributed by atoms with Crippen molar-refractivity contribution in [2.75, 3.05) is 5.32 Å². The third kappa shape index (κ3) is 4.70. The molecule has 1 N–H and O–H groups in total. The van der Waals surface area contributed by atoms with E-state index in [0.29, 0.717) is 29.5 Å². The summed E-state index contributed by atoms with van der Waals surface area (Å²) in [6.07, 6.45) is 1.74. The zero-order chi connectivity index (χ0) is 18.4. The van der Waals surface area contributed by atoms with Crippen molar-refractivity contribution in [3.63, 3.8) is 0 Å². The van der Waals surface area contributed by atoms with Gasteiger partial charge in [0.15, 0.2) is 0 Å². The van der Waals surface area contributed by atoms with Crippen LogP contribution in [0.25, 0.3) is 0 Å². The Bertz CT molecular complexity index is 859. The van der Waals surface area contributed by atoms with Crippen LogP contribution in [0.3, 0.4) is 0 Å². The maximum absolute atomic E-state index is 12.4. The molecule has 0 aliphatic rings. The van der Waals surface area contributed by atoms with Crippen LogP contribution in [0, 0.1) is 0 Å². The van der Waals surface area contributed by atoms with Gasteiger partial charge in [-0.25, -0.2) is 0 Å². The van der Waals surface area contributed by atoms with E-state index >= 15 is 0 Å². The van der Waals surface area contributed by atoms with Crippen LogP contribution in [0.15, 0.2) is 72.9 Å². The number of carbonyl (C=O) groups excluding carboxylic acids is 1. The molecule has 0 bridgehead atoms. The second kappa shape index (κ2) is 8.30. The lowest BCUT2D eigenvalue weighted by Gasteiger charge is -2.10. The SMILES string of the molecule is CC(C)c1ccc(C(=O)Nc2cccc(OCc3ccccn3)c2)cc1. The van der Waals surface area contributed by atoms with E-state index in [1.54, 1.807) is 6.20 Å². The van der Waals surface area contributed by atoms with Gasteiger partial charge >= 0.3 is 0 Å². The Balaban J connectivity index is 1.63. The molecule has 1 heterocycles. The minimum Gasteiger partial charge on any atom is -0.487 e. The van der Waals surface area contributed by atoms with E-state index in [0.717, 1.165) is 5.69 Å². The molecule has 3 rings (SSSR count). The minimum absolute atomic E-state index is 0.137. The Kier molecular flexibility index (Phi) is 5.64. The molecular formula is C22H22N2O2. The van der Waals surface area contributed by atoms with E-state index in [-0.39, 0.29) is 5.91 Å². The van der Waals surface area contributed by atoms with Gasteiger partial charge in [0, 0.05) is 23.5 Å². The molecule has 4 heteroatoms. The van der Waals surface area contributed by atoms with Crippen molar-refractivity contribution in [3.05, 3.63) is 89.7 Å². The molecule has 4 nitrogen and oxygen atoms in total. The van der Waals surface area contributed by atoms with Gasteiger partial charge < -0.3 is 10.1 Å². The molecule has 26 heavy (non-hydrogen) atoms. The predicted molar refractivity (Wildman–Crippen MR) is 103 cm³/mol. The highest BCUT2D eigenvalue weighted by atomic mass is 16.5. The number of rotatable bonds is 6. The highest BCUT2D eigenvalue weighted by Crippen LogP contribution is 2.20. The van der Waals surface area contributed by atoms with Gasteiger partial charge in [-0.15, -0.1) is 0 Å². The largest absolute Gasteiger partial charge is 0.487 e. The first-order chi connectivity index (χ1) is 12.6. The second-order valence-corrected chi connectivity index (χ2v) is 6.37. The highest BCUT2D eigenvalue weighted by Gasteiger charge is 2.08. The lowest BCUT2D eigenvalue weighted by atomic mass is 10.0. The van der Waals surface area contributed by atoms with Crippen LogP contribution in [-0.2, 0) is 6.61 Å². The molecule has 0 atom stereocenters.